The van der Waals surface area contributed by atoms with Crippen LogP contribution in [0.25, 0.3) is 0 Å². The molecule has 0 bridgehead atoms. The van der Waals surface area contributed by atoms with E-state index in [-0.39, 0.29) is 64.2 Å². The first-order valence-electron chi connectivity index (χ1n) is 3.43. The van der Waals surface area contributed by atoms with Crippen molar-refractivity contribution < 1.29 is 39.5 Å². The molecule has 0 amide bonds. The fourth-order valence-electron chi connectivity index (χ4n) is 0.258. The molecule has 0 saturated carbocycles. The van der Waals surface area contributed by atoms with Crippen LogP contribution in [0.2, 0.25) is 0 Å². The van der Waals surface area contributed by atoms with Crippen molar-refractivity contribution in [3.8, 4) is 0 Å². The van der Waals surface area contributed by atoms with Crippen LogP contribution in [0.4, 0.5) is 9.59 Å². The first-order valence-corrected chi connectivity index (χ1v) is 3.43. The third kappa shape index (κ3) is 31.6. The molecule has 0 saturated heterocycles. The van der Waals surface area contributed by atoms with Gasteiger partial charge in [0.2, 0.25) is 0 Å². The van der Waals surface area contributed by atoms with Crippen LogP contribution >= 0.6 is 0 Å². The van der Waals surface area contributed by atoms with Crippen LogP contribution in [0.1, 0.15) is 0 Å². The van der Waals surface area contributed by atoms with Crippen LogP contribution in [0.5, 0.6) is 0 Å². The maximum atomic E-state index is 9.31. The standard InChI is InChI=1S/2C3H6O4.Ca/c2*4-1-2-7-3(5)6;/h2*4H,1-2H2,(H,5,6);/q;;+2/p-2. The summed E-state index contributed by atoms with van der Waals surface area (Å²) in [5, 5.41) is 34.4. The quantitative estimate of drug-likeness (QED) is 0.384. The van der Waals surface area contributed by atoms with Gasteiger partial charge in [-0.15, -0.1) is 0 Å². The molecular formula is C6H10CaO8. The molecule has 0 unspecified atom stereocenters. The number of carboxylic acid groups (broad SMARTS) is 2. The fraction of sp³-hybridized carbons (Fsp3) is 0.667. The third-order valence-electron chi connectivity index (χ3n) is 0.622. The van der Waals surface area contributed by atoms with Crippen LogP contribution in [0.3, 0.4) is 0 Å². The Morgan fingerprint density at radius 3 is 1.27 bits per heavy atom. The summed E-state index contributed by atoms with van der Waals surface area (Å²) in [7, 11) is 0. The van der Waals surface area contributed by atoms with E-state index >= 15 is 0 Å². The summed E-state index contributed by atoms with van der Waals surface area (Å²) in [6.45, 7) is -1.01. The van der Waals surface area contributed by atoms with Gasteiger partial charge in [-0.2, -0.15) is 0 Å². The van der Waals surface area contributed by atoms with Crippen molar-refractivity contribution >= 4 is 50.0 Å². The summed E-state index contributed by atoms with van der Waals surface area (Å²) in [4.78, 5) is 18.6. The van der Waals surface area contributed by atoms with E-state index in [9.17, 15) is 19.8 Å². The summed E-state index contributed by atoms with van der Waals surface area (Å²) in [6.07, 6.45) is -3.21. The zero-order valence-electron chi connectivity index (χ0n) is 7.88. The van der Waals surface area contributed by atoms with Crippen molar-refractivity contribution in [2.45, 2.75) is 0 Å². The molecule has 2 N–H and O–H groups in total. The van der Waals surface area contributed by atoms with Crippen LogP contribution in [0.15, 0.2) is 0 Å². The molecule has 0 aromatic rings. The van der Waals surface area contributed by atoms with E-state index in [4.69, 9.17) is 10.2 Å². The molecule has 0 rings (SSSR count). The Hall–Kier alpha value is -0.280. The molecule has 8 nitrogen and oxygen atoms in total. The molecule has 0 aliphatic heterocycles. The Bertz CT molecular complexity index is 143. The van der Waals surface area contributed by atoms with Gasteiger partial charge in [0, 0.05) is 0 Å². The second kappa shape index (κ2) is 16.2. The van der Waals surface area contributed by atoms with Crippen molar-refractivity contribution in [3.05, 3.63) is 0 Å². The summed E-state index contributed by atoms with van der Waals surface area (Å²) < 4.78 is 7.49. The van der Waals surface area contributed by atoms with Crippen molar-refractivity contribution in [3.63, 3.8) is 0 Å². The number of hydrogen-bond acceptors (Lipinski definition) is 8. The van der Waals surface area contributed by atoms with Gasteiger partial charge in [-0.25, -0.2) is 0 Å². The molecule has 15 heavy (non-hydrogen) atoms. The summed E-state index contributed by atoms with van der Waals surface area (Å²) >= 11 is 0. The van der Waals surface area contributed by atoms with Gasteiger partial charge in [-0.3, -0.25) is 0 Å². The molecule has 0 fully saturated rings. The monoisotopic (exact) mass is 250 g/mol. The van der Waals surface area contributed by atoms with Gasteiger partial charge in [-0.1, -0.05) is 0 Å². The molecular weight excluding hydrogens is 240 g/mol. The predicted molar refractivity (Wildman–Crippen MR) is 42.6 cm³/mol. The number of aliphatic hydroxyl groups is 2. The van der Waals surface area contributed by atoms with E-state index < -0.39 is 12.3 Å². The number of carbonyl (C=O) groups excluding carboxylic acids is 2. The minimum absolute atomic E-state index is 0. The van der Waals surface area contributed by atoms with Gasteiger partial charge in [-0.05, 0) is 0 Å². The summed E-state index contributed by atoms with van der Waals surface area (Å²) in [6, 6.07) is 0. The normalized spacial score (nSPS) is 7.60. The van der Waals surface area contributed by atoms with E-state index in [0.717, 1.165) is 0 Å². The zero-order valence-corrected chi connectivity index (χ0v) is 10.1. The van der Waals surface area contributed by atoms with E-state index in [1.165, 1.54) is 0 Å². The third-order valence-corrected chi connectivity index (χ3v) is 0.622. The first kappa shape index (κ1) is 20.2. The van der Waals surface area contributed by atoms with Crippen LogP contribution in [-0.4, -0.2) is 86.7 Å². The van der Waals surface area contributed by atoms with Gasteiger partial charge in [0.15, 0.2) is 0 Å². The largest absolute Gasteiger partial charge is 2.00 e. The van der Waals surface area contributed by atoms with Crippen molar-refractivity contribution in [1.82, 2.24) is 0 Å². The predicted octanol–water partition coefficient (Wildman–Crippen LogP) is -3.70. The fourth-order valence-corrected chi connectivity index (χ4v) is 0.258. The van der Waals surface area contributed by atoms with Crippen molar-refractivity contribution in [1.29, 1.82) is 0 Å². The molecule has 0 radical (unpaired) electrons. The first-order chi connectivity index (χ1) is 6.54. The van der Waals surface area contributed by atoms with Gasteiger partial charge < -0.3 is 39.5 Å². The molecule has 0 aliphatic carbocycles. The van der Waals surface area contributed by atoms with Gasteiger partial charge in [0.1, 0.15) is 0 Å². The Kier molecular flexibility index (Phi) is 21.7. The number of hydrogen-bond donors (Lipinski definition) is 2. The van der Waals surface area contributed by atoms with Gasteiger partial charge >= 0.3 is 37.7 Å². The molecule has 0 spiro atoms. The van der Waals surface area contributed by atoms with Crippen LogP contribution in [0, 0.1) is 0 Å². The van der Waals surface area contributed by atoms with E-state index in [2.05, 4.69) is 9.47 Å². The van der Waals surface area contributed by atoms with Crippen molar-refractivity contribution in [2.24, 2.45) is 0 Å². The molecule has 0 heterocycles. The number of carbonyl (C=O) groups is 2. The molecule has 0 aromatic heterocycles. The zero-order chi connectivity index (χ0) is 11.4. The maximum absolute atomic E-state index is 9.31. The minimum atomic E-state index is -1.60. The Balaban J connectivity index is -0.000000180. The SMILES string of the molecule is O=C([O-])OCCO.O=C([O-])OCCO.[Ca+2]. The average Bonchev–Trinajstić information content (AvgIpc) is 2.12. The molecule has 0 atom stereocenters. The van der Waals surface area contributed by atoms with Gasteiger partial charge in [0.05, 0.1) is 26.4 Å². The summed E-state index contributed by atoms with van der Waals surface area (Å²) in [5.41, 5.74) is 0. The number of aliphatic hydroxyl groups excluding tert-OH is 2. The van der Waals surface area contributed by atoms with E-state index in [1.54, 1.807) is 0 Å². The van der Waals surface area contributed by atoms with E-state index in [1.807, 2.05) is 0 Å². The second-order valence-corrected chi connectivity index (χ2v) is 1.64. The van der Waals surface area contributed by atoms with E-state index in [0.29, 0.717) is 0 Å². The molecule has 0 aliphatic rings. The van der Waals surface area contributed by atoms with Crippen LogP contribution in [-0.2, 0) is 9.47 Å². The Labute approximate surface area is 115 Å². The molecule has 0 aromatic carbocycles. The summed E-state index contributed by atoms with van der Waals surface area (Å²) in [5.74, 6) is 0. The smallest absolute Gasteiger partial charge is 0.547 e. The Morgan fingerprint density at radius 2 is 1.20 bits per heavy atom. The van der Waals surface area contributed by atoms with Crippen LogP contribution < -0.4 is 10.2 Å². The number of ether oxygens (including phenoxy) is 2. The second-order valence-electron chi connectivity index (χ2n) is 1.64. The maximum Gasteiger partial charge on any atom is 2.00 e. The Morgan fingerprint density at radius 1 is 0.933 bits per heavy atom. The molecule has 84 valence electrons. The minimum Gasteiger partial charge on any atom is -0.547 e. The average molecular weight is 250 g/mol. The van der Waals surface area contributed by atoms with Crippen molar-refractivity contribution in [2.75, 3.05) is 26.4 Å². The molecule has 9 heteroatoms. The number of rotatable bonds is 4. The topological polar surface area (TPSA) is 139 Å². The van der Waals surface area contributed by atoms with Gasteiger partial charge in [0.25, 0.3) is 12.3 Å².